The molecule has 0 amide bonds. The minimum Gasteiger partial charge on any atom is -0.344 e. The molecule has 2 atom stereocenters. The summed E-state index contributed by atoms with van der Waals surface area (Å²) in [5.41, 5.74) is 2.55. The Morgan fingerprint density at radius 2 is 2.41 bits per heavy atom. The Kier molecular flexibility index (Phi) is 2.46. The number of H-pyrrole nitrogens is 1. The van der Waals surface area contributed by atoms with Crippen LogP contribution in [0.25, 0.3) is 0 Å². The van der Waals surface area contributed by atoms with Gasteiger partial charge in [-0.25, -0.2) is 14.6 Å². The number of aromatic nitrogens is 5. The third kappa shape index (κ3) is 1.85. The van der Waals surface area contributed by atoms with E-state index in [2.05, 4.69) is 28.9 Å². The molecule has 0 spiro atoms. The maximum absolute atomic E-state index is 4.70. The van der Waals surface area contributed by atoms with E-state index in [4.69, 9.17) is 4.98 Å². The van der Waals surface area contributed by atoms with Crippen molar-refractivity contribution >= 4 is 0 Å². The van der Waals surface area contributed by atoms with Crippen molar-refractivity contribution in [3.63, 3.8) is 0 Å². The van der Waals surface area contributed by atoms with Gasteiger partial charge in [0.1, 0.15) is 24.5 Å². The Hall–Kier alpha value is -1.65. The molecule has 2 unspecified atom stereocenters. The zero-order valence-corrected chi connectivity index (χ0v) is 10.2. The van der Waals surface area contributed by atoms with E-state index in [0.717, 1.165) is 24.6 Å². The van der Waals surface area contributed by atoms with Crippen LogP contribution in [0.1, 0.15) is 43.5 Å². The molecule has 0 bridgehead atoms. The van der Waals surface area contributed by atoms with E-state index in [0.29, 0.717) is 0 Å². The van der Waals surface area contributed by atoms with Gasteiger partial charge < -0.3 is 4.98 Å². The topological polar surface area (TPSA) is 59.4 Å². The molecule has 1 aliphatic rings. The number of rotatable bonds is 2. The van der Waals surface area contributed by atoms with E-state index < -0.39 is 0 Å². The van der Waals surface area contributed by atoms with Crippen LogP contribution >= 0.6 is 0 Å². The molecule has 0 aliphatic heterocycles. The fourth-order valence-corrected chi connectivity index (χ4v) is 2.42. The summed E-state index contributed by atoms with van der Waals surface area (Å²) < 4.78 is 1.83. The predicted octanol–water partition coefficient (Wildman–Crippen LogP) is 1.74. The van der Waals surface area contributed by atoms with Gasteiger partial charge in [-0.05, 0) is 32.1 Å². The second-order valence-electron chi connectivity index (χ2n) is 4.95. The lowest BCUT2D eigenvalue weighted by atomic mass is 9.92. The van der Waals surface area contributed by atoms with Gasteiger partial charge in [0.05, 0.1) is 5.69 Å². The van der Waals surface area contributed by atoms with Crippen molar-refractivity contribution < 1.29 is 0 Å². The molecule has 5 nitrogen and oxygen atoms in total. The van der Waals surface area contributed by atoms with Gasteiger partial charge in [-0.3, -0.25) is 0 Å². The zero-order valence-electron chi connectivity index (χ0n) is 10.2. The standard InChI is InChI=1S/C12H17N5/c1-8-3-4-10-11(5-8)16-12(15-10)9(2)17-7-13-6-14-17/h6-9H,3-5H2,1-2H3,(H,15,16). The van der Waals surface area contributed by atoms with Gasteiger partial charge in [-0.1, -0.05) is 6.92 Å². The van der Waals surface area contributed by atoms with Gasteiger partial charge in [0.25, 0.3) is 0 Å². The summed E-state index contributed by atoms with van der Waals surface area (Å²) in [6.07, 6.45) is 6.74. The largest absolute Gasteiger partial charge is 0.344 e. The Morgan fingerprint density at radius 3 is 3.18 bits per heavy atom. The van der Waals surface area contributed by atoms with Gasteiger partial charge in [-0.15, -0.1) is 0 Å². The SMILES string of the molecule is CC1CCc2nc(C(C)n3cncn3)[nH]c2C1. The summed E-state index contributed by atoms with van der Waals surface area (Å²) >= 11 is 0. The van der Waals surface area contributed by atoms with Crippen LogP contribution in [0.4, 0.5) is 0 Å². The molecule has 0 fully saturated rings. The molecule has 5 heteroatoms. The van der Waals surface area contributed by atoms with E-state index in [9.17, 15) is 0 Å². The zero-order chi connectivity index (χ0) is 11.8. The van der Waals surface area contributed by atoms with Crippen molar-refractivity contribution in [2.24, 2.45) is 5.92 Å². The molecule has 0 radical (unpaired) electrons. The highest BCUT2D eigenvalue weighted by Crippen LogP contribution is 2.25. The monoisotopic (exact) mass is 231 g/mol. The van der Waals surface area contributed by atoms with E-state index in [1.54, 1.807) is 12.7 Å². The van der Waals surface area contributed by atoms with Crippen molar-refractivity contribution in [3.8, 4) is 0 Å². The molecule has 0 aromatic carbocycles. The van der Waals surface area contributed by atoms with E-state index in [1.165, 1.54) is 17.8 Å². The van der Waals surface area contributed by atoms with Crippen LogP contribution in [-0.4, -0.2) is 24.7 Å². The first-order chi connectivity index (χ1) is 8.24. The smallest absolute Gasteiger partial charge is 0.137 e. The van der Waals surface area contributed by atoms with Crippen molar-refractivity contribution in [3.05, 3.63) is 29.9 Å². The molecule has 90 valence electrons. The highest BCUT2D eigenvalue weighted by Gasteiger charge is 2.21. The lowest BCUT2D eigenvalue weighted by Crippen LogP contribution is -2.10. The average molecular weight is 231 g/mol. The van der Waals surface area contributed by atoms with Crippen LogP contribution < -0.4 is 0 Å². The fourth-order valence-electron chi connectivity index (χ4n) is 2.42. The predicted molar refractivity (Wildman–Crippen MR) is 63.6 cm³/mol. The minimum atomic E-state index is 0.124. The highest BCUT2D eigenvalue weighted by molar-refractivity contribution is 5.19. The van der Waals surface area contributed by atoms with Gasteiger partial charge >= 0.3 is 0 Å². The van der Waals surface area contributed by atoms with Crippen molar-refractivity contribution in [2.45, 2.75) is 39.2 Å². The van der Waals surface area contributed by atoms with Crippen molar-refractivity contribution in [1.82, 2.24) is 24.7 Å². The molecule has 2 heterocycles. The maximum Gasteiger partial charge on any atom is 0.137 e. The first kappa shape index (κ1) is 10.5. The van der Waals surface area contributed by atoms with E-state index in [-0.39, 0.29) is 6.04 Å². The van der Waals surface area contributed by atoms with Crippen molar-refractivity contribution in [2.75, 3.05) is 0 Å². The number of nitrogens with zero attached hydrogens (tertiary/aromatic N) is 4. The number of aromatic amines is 1. The van der Waals surface area contributed by atoms with E-state index in [1.807, 2.05) is 4.68 Å². The molecular weight excluding hydrogens is 214 g/mol. The van der Waals surface area contributed by atoms with Crippen LogP contribution in [0.15, 0.2) is 12.7 Å². The average Bonchev–Trinajstić information content (AvgIpc) is 2.96. The Morgan fingerprint density at radius 1 is 1.53 bits per heavy atom. The number of hydrogen-bond acceptors (Lipinski definition) is 3. The molecule has 3 rings (SSSR count). The quantitative estimate of drug-likeness (QED) is 0.856. The van der Waals surface area contributed by atoms with Crippen LogP contribution in [-0.2, 0) is 12.8 Å². The number of aryl methyl sites for hydroxylation is 1. The Bertz CT molecular complexity index is 499. The van der Waals surface area contributed by atoms with Gasteiger partial charge in [0, 0.05) is 5.69 Å². The number of hydrogen-bond donors (Lipinski definition) is 1. The minimum absolute atomic E-state index is 0.124. The Labute approximate surface area is 100 Å². The molecule has 0 saturated heterocycles. The first-order valence-electron chi connectivity index (χ1n) is 6.16. The van der Waals surface area contributed by atoms with Crippen molar-refractivity contribution in [1.29, 1.82) is 0 Å². The number of imidazole rings is 1. The number of fused-ring (bicyclic) bond motifs is 1. The third-order valence-electron chi connectivity index (χ3n) is 3.54. The summed E-state index contributed by atoms with van der Waals surface area (Å²) in [4.78, 5) is 12.1. The molecule has 2 aromatic heterocycles. The first-order valence-corrected chi connectivity index (χ1v) is 6.16. The summed E-state index contributed by atoms with van der Waals surface area (Å²) in [5.74, 6) is 1.76. The summed E-state index contributed by atoms with van der Waals surface area (Å²) in [6, 6.07) is 0.124. The Balaban J connectivity index is 1.90. The van der Waals surface area contributed by atoms with Crippen LogP contribution in [0, 0.1) is 5.92 Å². The lowest BCUT2D eigenvalue weighted by molar-refractivity contribution is 0.491. The van der Waals surface area contributed by atoms with Crippen LogP contribution in [0.2, 0.25) is 0 Å². The molecule has 2 aromatic rings. The van der Waals surface area contributed by atoms with Gasteiger partial charge in [0.15, 0.2) is 0 Å². The van der Waals surface area contributed by atoms with Gasteiger partial charge in [0.2, 0.25) is 0 Å². The third-order valence-corrected chi connectivity index (χ3v) is 3.54. The summed E-state index contributed by atoms with van der Waals surface area (Å²) in [7, 11) is 0. The molecule has 17 heavy (non-hydrogen) atoms. The molecule has 1 N–H and O–H groups in total. The highest BCUT2D eigenvalue weighted by atomic mass is 15.3. The molecule has 1 aliphatic carbocycles. The number of nitrogens with one attached hydrogen (secondary N) is 1. The normalized spacial score (nSPS) is 21.2. The lowest BCUT2D eigenvalue weighted by Gasteiger charge is -2.15. The fraction of sp³-hybridized carbons (Fsp3) is 0.583. The molecule has 0 saturated carbocycles. The van der Waals surface area contributed by atoms with E-state index >= 15 is 0 Å². The second-order valence-corrected chi connectivity index (χ2v) is 4.95. The second kappa shape index (κ2) is 3.98. The van der Waals surface area contributed by atoms with Crippen LogP contribution in [0.5, 0.6) is 0 Å². The van der Waals surface area contributed by atoms with Crippen LogP contribution in [0.3, 0.4) is 0 Å². The van der Waals surface area contributed by atoms with Gasteiger partial charge in [-0.2, -0.15) is 5.10 Å². The summed E-state index contributed by atoms with van der Waals surface area (Å²) in [5, 5.41) is 4.16. The molecular formula is C12H17N5. The maximum atomic E-state index is 4.70. The summed E-state index contributed by atoms with van der Waals surface area (Å²) in [6.45, 7) is 4.38.